The monoisotopic (exact) mass is 283 g/mol. The Morgan fingerprint density at radius 1 is 1.53 bits per heavy atom. The van der Waals surface area contributed by atoms with Crippen molar-refractivity contribution in [3.05, 3.63) is 22.4 Å². The normalized spacial score (nSPS) is 17.5. The fourth-order valence-corrected chi connectivity index (χ4v) is 2.71. The summed E-state index contributed by atoms with van der Waals surface area (Å²) in [4.78, 5) is 13.2. The summed E-state index contributed by atoms with van der Waals surface area (Å²) >= 11 is 1.67. The fraction of sp³-hybridized carbons (Fsp3) is 0.667. The van der Waals surface area contributed by atoms with E-state index in [-0.39, 0.29) is 17.7 Å². The number of amides is 1. The zero-order valence-corrected chi connectivity index (χ0v) is 13.1. The molecule has 4 heteroatoms. The summed E-state index contributed by atoms with van der Waals surface area (Å²) in [5, 5.41) is 15.1. The van der Waals surface area contributed by atoms with Crippen molar-refractivity contribution < 1.29 is 9.90 Å². The van der Waals surface area contributed by atoms with Crippen molar-refractivity contribution in [2.45, 2.75) is 46.1 Å². The molecular formula is C15H25NO2S. The Balaban J connectivity index is 2.42. The number of nitrogens with one attached hydrogen (secondary N) is 1. The summed E-state index contributed by atoms with van der Waals surface area (Å²) in [6, 6.07) is 4.04. The van der Waals surface area contributed by atoms with Crippen molar-refractivity contribution in [1.29, 1.82) is 0 Å². The predicted octanol–water partition coefficient (Wildman–Crippen LogP) is 2.84. The third kappa shape index (κ3) is 4.96. The van der Waals surface area contributed by atoms with E-state index in [0.29, 0.717) is 6.54 Å². The van der Waals surface area contributed by atoms with E-state index < -0.39 is 5.60 Å². The Labute approximate surface area is 120 Å². The molecule has 0 fully saturated rings. The van der Waals surface area contributed by atoms with Crippen molar-refractivity contribution in [3.63, 3.8) is 0 Å². The minimum absolute atomic E-state index is 0.0111. The number of hydrogen-bond acceptors (Lipinski definition) is 3. The van der Waals surface area contributed by atoms with Crippen LogP contribution in [0.1, 0.15) is 39.0 Å². The molecule has 1 heterocycles. The Morgan fingerprint density at radius 3 is 2.74 bits per heavy atom. The van der Waals surface area contributed by atoms with Crippen molar-refractivity contribution in [1.82, 2.24) is 5.32 Å². The van der Waals surface area contributed by atoms with Crippen LogP contribution in [0.4, 0.5) is 0 Å². The molecule has 1 rings (SSSR count). The Kier molecular flexibility index (Phi) is 6.01. The first kappa shape index (κ1) is 16.2. The summed E-state index contributed by atoms with van der Waals surface area (Å²) in [5.74, 6) is 0.115. The standard InChI is InChI=1S/C15H25NO2S/c1-5-12(3)15(4,18)10-16-14(17)11(2)9-13-7-6-8-19-13/h6-8,11-12,18H,5,9-10H2,1-4H3,(H,16,17). The van der Waals surface area contributed by atoms with E-state index in [1.165, 1.54) is 4.88 Å². The van der Waals surface area contributed by atoms with E-state index in [4.69, 9.17) is 0 Å². The molecule has 19 heavy (non-hydrogen) atoms. The summed E-state index contributed by atoms with van der Waals surface area (Å²) in [6.07, 6.45) is 1.66. The average Bonchev–Trinajstić information content (AvgIpc) is 2.87. The van der Waals surface area contributed by atoms with Crippen LogP contribution in [0.15, 0.2) is 17.5 Å². The molecule has 0 aliphatic carbocycles. The van der Waals surface area contributed by atoms with Gasteiger partial charge in [-0.1, -0.05) is 33.3 Å². The van der Waals surface area contributed by atoms with Gasteiger partial charge in [-0.3, -0.25) is 4.79 Å². The summed E-state index contributed by atoms with van der Waals surface area (Å²) < 4.78 is 0. The highest BCUT2D eigenvalue weighted by molar-refractivity contribution is 7.09. The van der Waals surface area contributed by atoms with Crippen LogP contribution in [0.25, 0.3) is 0 Å². The van der Waals surface area contributed by atoms with Crippen molar-refractivity contribution in [3.8, 4) is 0 Å². The lowest BCUT2D eigenvalue weighted by molar-refractivity contribution is -0.126. The zero-order valence-electron chi connectivity index (χ0n) is 12.3. The van der Waals surface area contributed by atoms with Crippen molar-refractivity contribution >= 4 is 17.2 Å². The molecule has 0 aliphatic heterocycles. The minimum Gasteiger partial charge on any atom is -0.388 e. The van der Waals surface area contributed by atoms with Crippen molar-refractivity contribution in [2.24, 2.45) is 11.8 Å². The molecule has 0 saturated heterocycles. The van der Waals surface area contributed by atoms with Crippen LogP contribution in [-0.4, -0.2) is 23.2 Å². The highest BCUT2D eigenvalue weighted by Gasteiger charge is 2.28. The first-order valence-electron chi connectivity index (χ1n) is 6.89. The third-order valence-electron chi connectivity index (χ3n) is 3.83. The van der Waals surface area contributed by atoms with Crippen LogP contribution >= 0.6 is 11.3 Å². The molecule has 2 N–H and O–H groups in total. The number of carbonyl (C=O) groups excluding carboxylic acids is 1. The Bertz CT molecular complexity index is 387. The van der Waals surface area contributed by atoms with Gasteiger partial charge in [0, 0.05) is 17.3 Å². The lowest BCUT2D eigenvalue weighted by Gasteiger charge is -2.30. The molecule has 1 aromatic heterocycles. The summed E-state index contributed by atoms with van der Waals surface area (Å²) in [7, 11) is 0. The summed E-state index contributed by atoms with van der Waals surface area (Å²) in [6.45, 7) is 8.07. The number of carbonyl (C=O) groups is 1. The first-order chi connectivity index (χ1) is 8.86. The van der Waals surface area contributed by atoms with E-state index in [0.717, 1.165) is 12.8 Å². The van der Waals surface area contributed by atoms with E-state index >= 15 is 0 Å². The van der Waals surface area contributed by atoms with Crippen LogP contribution in [0, 0.1) is 11.8 Å². The van der Waals surface area contributed by atoms with Gasteiger partial charge in [0.25, 0.3) is 0 Å². The summed E-state index contributed by atoms with van der Waals surface area (Å²) in [5.41, 5.74) is -0.840. The molecule has 0 aromatic carbocycles. The van der Waals surface area contributed by atoms with Crippen LogP contribution in [0.3, 0.4) is 0 Å². The van der Waals surface area contributed by atoms with Gasteiger partial charge in [0.05, 0.1) is 5.60 Å². The molecule has 1 amide bonds. The van der Waals surface area contributed by atoms with Gasteiger partial charge < -0.3 is 10.4 Å². The molecule has 3 unspecified atom stereocenters. The van der Waals surface area contributed by atoms with E-state index in [9.17, 15) is 9.90 Å². The maximum atomic E-state index is 12.0. The fourth-order valence-electron chi connectivity index (χ4n) is 1.88. The largest absolute Gasteiger partial charge is 0.388 e. The highest BCUT2D eigenvalue weighted by atomic mass is 32.1. The van der Waals surface area contributed by atoms with Crippen LogP contribution < -0.4 is 5.32 Å². The van der Waals surface area contributed by atoms with Crippen LogP contribution in [-0.2, 0) is 11.2 Å². The molecular weight excluding hydrogens is 258 g/mol. The third-order valence-corrected chi connectivity index (χ3v) is 4.73. The van der Waals surface area contributed by atoms with Gasteiger partial charge in [0.15, 0.2) is 0 Å². The molecule has 1 aromatic rings. The molecule has 0 bridgehead atoms. The SMILES string of the molecule is CCC(C)C(C)(O)CNC(=O)C(C)Cc1cccs1. The lowest BCUT2D eigenvalue weighted by atomic mass is 9.88. The van der Waals surface area contributed by atoms with Gasteiger partial charge in [-0.2, -0.15) is 0 Å². The van der Waals surface area contributed by atoms with Gasteiger partial charge in [-0.15, -0.1) is 11.3 Å². The van der Waals surface area contributed by atoms with Crippen molar-refractivity contribution in [2.75, 3.05) is 6.54 Å². The zero-order chi connectivity index (χ0) is 14.5. The second-order valence-corrected chi connectivity index (χ2v) is 6.60. The Morgan fingerprint density at radius 2 is 2.21 bits per heavy atom. The maximum absolute atomic E-state index is 12.0. The topological polar surface area (TPSA) is 49.3 Å². The van der Waals surface area contributed by atoms with Gasteiger partial charge in [0.1, 0.15) is 0 Å². The second kappa shape index (κ2) is 7.06. The molecule has 0 spiro atoms. The molecule has 0 radical (unpaired) electrons. The quantitative estimate of drug-likeness (QED) is 0.808. The predicted molar refractivity (Wildman–Crippen MR) is 80.3 cm³/mol. The number of aliphatic hydroxyl groups is 1. The number of thiophene rings is 1. The van der Waals surface area contributed by atoms with Crippen LogP contribution in [0.5, 0.6) is 0 Å². The smallest absolute Gasteiger partial charge is 0.223 e. The first-order valence-corrected chi connectivity index (χ1v) is 7.77. The average molecular weight is 283 g/mol. The molecule has 3 nitrogen and oxygen atoms in total. The van der Waals surface area contributed by atoms with Gasteiger partial charge in [-0.25, -0.2) is 0 Å². The van der Waals surface area contributed by atoms with Gasteiger partial charge in [0.2, 0.25) is 5.91 Å². The molecule has 0 saturated carbocycles. The molecule has 0 aliphatic rings. The van der Waals surface area contributed by atoms with Gasteiger partial charge in [-0.05, 0) is 30.7 Å². The van der Waals surface area contributed by atoms with E-state index in [2.05, 4.69) is 5.32 Å². The van der Waals surface area contributed by atoms with Gasteiger partial charge >= 0.3 is 0 Å². The lowest BCUT2D eigenvalue weighted by Crippen LogP contribution is -2.46. The molecule has 108 valence electrons. The van der Waals surface area contributed by atoms with Crippen LogP contribution in [0.2, 0.25) is 0 Å². The van der Waals surface area contributed by atoms with E-state index in [1.54, 1.807) is 18.3 Å². The highest BCUT2D eigenvalue weighted by Crippen LogP contribution is 2.19. The Hall–Kier alpha value is -0.870. The maximum Gasteiger partial charge on any atom is 0.223 e. The molecule has 3 atom stereocenters. The number of rotatable bonds is 7. The number of hydrogen-bond donors (Lipinski definition) is 2. The van der Waals surface area contributed by atoms with E-state index in [1.807, 2.05) is 38.3 Å². The minimum atomic E-state index is -0.840. The second-order valence-electron chi connectivity index (χ2n) is 5.57.